The molecule has 180 valence electrons. The maximum absolute atomic E-state index is 13.2. The number of halogens is 1. The molecule has 4 nitrogen and oxygen atoms in total. The van der Waals surface area contributed by atoms with Crippen LogP contribution < -0.4 is 14.4 Å². The molecule has 0 unspecified atom stereocenters. The molecule has 4 aromatic carbocycles. The van der Waals surface area contributed by atoms with E-state index >= 15 is 0 Å². The zero-order valence-corrected chi connectivity index (χ0v) is 22.9. The number of nitrogens with zero attached hydrogens (tertiary/aromatic N) is 1. The molecule has 0 spiro atoms. The van der Waals surface area contributed by atoms with E-state index in [1.54, 1.807) is 12.0 Å². The van der Waals surface area contributed by atoms with Gasteiger partial charge in [0.05, 0.1) is 22.2 Å². The number of thiocarbonyl (C=S) groups is 1. The Morgan fingerprint density at radius 2 is 1.81 bits per heavy atom. The second-order valence-corrected chi connectivity index (χ2v) is 10.8. The normalized spacial score (nSPS) is 14.6. The number of thioether (sulfide) groups is 1. The molecule has 1 aliphatic rings. The van der Waals surface area contributed by atoms with Crippen molar-refractivity contribution in [2.45, 2.75) is 13.5 Å². The van der Waals surface area contributed by atoms with E-state index in [0.29, 0.717) is 27.3 Å². The van der Waals surface area contributed by atoms with E-state index in [0.717, 1.165) is 32.2 Å². The summed E-state index contributed by atoms with van der Waals surface area (Å²) in [5.41, 5.74) is 3.74. The van der Waals surface area contributed by atoms with Gasteiger partial charge in [-0.25, -0.2) is 0 Å². The highest BCUT2D eigenvalue weighted by Gasteiger charge is 2.33. The summed E-state index contributed by atoms with van der Waals surface area (Å²) in [4.78, 5) is 15.3. The smallest absolute Gasteiger partial charge is 0.270 e. The van der Waals surface area contributed by atoms with E-state index in [4.69, 9.17) is 21.7 Å². The number of hydrogen-bond donors (Lipinski definition) is 0. The summed E-state index contributed by atoms with van der Waals surface area (Å²) < 4.78 is 13.1. The largest absolute Gasteiger partial charge is 0.493 e. The van der Waals surface area contributed by atoms with Gasteiger partial charge in [-0.05, 0) is 80.7 Å². The van der Waals surface area contributed by atoms with Gasteiger partial charge in [0.1, 0.15) is 6.61 Å². The van der Waals surface area contributed by atoms with Crippen LogP contribution in [0.3, 0.4) is 0 Å². The molecule has 0 saturated carbocycles. The van der Waals surface area contributed by atoms with E-state index in [1.165, 1.54) is 17.1 Å². The molecule has 5 rings (SSSR count). The second-order valence-electron chi connectivity index (χ2n) is 8.32. The Kier molecular flexibility index (Phi) is 7.14. The number of aryl methyl sites for hydroxylation is 1. The van der Waals surface area contributed by atoms with Crippen molar-refractivity contribution in [3.63, 3.8) is 0 Å². The van der Waals surface area contributed by atoms with E-state index in [-0.39, 0.29) is 5.91 Å². The SMILES string of the molecule is COc1cc(/C=C2\SC(=S)N(c3cccc(C)c3)C2=O)cc(Br)c1OCc1cccc2ccccc12. The molecule has 0 bridgehead atoms. The molecule has 7 heteroatoms. The Labute approximate surface area is 228 Å². The molecule has 0 N–H and O–H groups in total. The van der Waals surface area contributed by atoms with Crippen LogP contribution in [-0.2, 0) is 11.4 Å². The average Bonchev–Trinajstić information content (AvgIpc) is 3.15. The second kappa shape index (κ2) is 10.5. The first-order valence-electron chi connectivity index (χ1n) is 11.3. The van der Waals surface area contributed by atoms with Gasteiger partial charge in [0.15, 0.2) is 15.8 Å². The minimum absolute atomic E-state index is 0.137. The number of fused-ring (bicyclic) bond motifs is 1. The summed E-state index contributed by atoms with van der Waals surface area (Å²) in [5.74, 6) is 1.04. The van der Waals surface area contributed by atoms with Gasteiger partial charge in [0.2, 0.25) is 0 Å². The fourth-order valence-corrected chi connectivity index (χ4v) is 6.01. The van der Waals surface area contributed by atoms with E-state index in [1.807, 2.05) is 67.6 Å². The standard InChI is InChI=1S/C29H22BrNO3S2/c1-18-7-5-11-22(13-18)31-28(32)26(36-29(31)35)16-19-14-24(30)27(25(15-19)33-2)34-17-21-10-6-9-20-8-3-4-12-23(20)21/h3-16H,17H2,1-2H3/b26-16-. The fourth-order valence-electron chi connectivity index (χ4n) is 4.14. The minimum Gasteiger partial charge on any atom is -0.493 e. The van der Waals surface area contributed by atoms with Crippen LogP contribution in [0.2, 0.25) is 0 Å². The van der Waals surface area contributed by atoms with Crippen LogP contribution in [0.25, 0.3) is 16.8 Å². The Bertz CT molecular complexity index is 1530. The van der Waals surface area contributed by atoms with Crippen molar-refractivity contribution < 1.29 is 14.3 Å². The van der Waals surface area contributed by atoms with Gasteiger partial charge < -0.3 is 9.47 Å². The van der Waals surface area contributed by atoms with Gasteiger partial charge in [-0.1, -0.05) is 78.6 Å². The molecule has 1 amide bonds. The number of ether oxygens (including phenoxy) is 2. The zero-order chi connectivity index (χ0) is 25.2. The molecule has 36 heavy (non-hydrogen) atoms. The Hall–Kier alpha value is -3.13. The first-order chi connectivity index (χ1) is 17.4. The van der Waals surface area contributed by atoms with Crippen LogP contribution >= 0.6 is 39.9 Å². The lowest BCUT2D eigenvalue weighted by atomic mass is 10.1. The van der Waals surface area contributed by atoms with Gasteiger partial charge in [-0.15, -0.1) is 0 Å². The van der Waals surface area contributed by atoms with Crippen molar-refractivity contribution >= 4 is 72.7 Å². The third-order valence-electron chi connectivity index (χ3n) is 5.86. The monoisotopic (exact) mass is 575 g/mol. The highest BCUT2D eigenvalue weighted by Crippen LogP contribution is 2.40. The first-order valence-corrected chi connectivity index (χ1v) is 13.3. The number of carbonyl (C=O) groups excluding carboxylic acids is 1. The predicted octanol–water partition coefficient (Wildman–Crippen LogP) is 7.90. The summed E-state index contributed by atoms with van der Waals surface area (Å²) in [6.45, 7) is 2.38. The molecule has 0 atom stereocenters. The van der Waals surface area contributed by atoms with E-state index in [2.05, 4.69) is 40.2 Å². The molecule has 1 heterocycles. The van der Waals surface area contributed by atoms with Gasteiger partial charge >= 0.3 is 0 Å². The fraction of sp³-hybridized carbons (Fsp3) is 0.103. The van der Waals surface area contributed by atoms with Crippen molar-refractivity contribution in [3.8, 4) is 11.5 Å². The molecule has 0 aliphatic carbocycles. The summed E-state index contributed by atoms with van der Waals surface area (Å²) >= 11 is 10.4. The predicted molar refractivity (Wildman–Crippen MR) is 156 cm³/mol. The van der Waals surface area contributed by atoms with Crippen molar-refractivity contribution in [1.82, 2.24) is 0 Å². The number of carbonyl (C=O) groups is 1. The molecular formula is C29H22BrNO3S2. The van der Waals surface area contributed by atoms with Crippen LogP contribution in [0.4, 0.5) is 5.69 Å². The number of benzene rings is 4. The van der Waals surface area contributed by atoms with Crippen molar-refractivity contribution in [2.24, 2.45) is 0 Å². The van der Waals surface area contributed by atoms with Gasteiger partial charge in [-0.3, -0.25) is 9.69 Å². The molecule has 1 saturated heterocycles. The maximum atomic E-state index is 13.2. The molecule has 0 aromatic heterocycles. The van der Waals surface area contributed by atoms with Crippen LogP contribution in [0, 0.1) is 6.92 Å². The molecule has 0 radical (unpaired) electrons. The Balaban J connectivity index is 1.41. The Morgan fingerprint density at radius 1 is 1.03 bits per heavy atom. The maximum Gasteiger partial charge on any atom is 0.270 e. The number of methoxy groups -OCH3 is 1. The summed E-state index contributed by atoms with van der Waals surface area (Å²) in [5, 5.41) is 2.32. The highest BCUT2D eigenvalue weighted by atomic mass is 79.9. The van der Waals surface area contributed by atoms with Crippen molar-refractivity contribution in [1.29, 1.82) is 0 Å². The van der Waals surface area contributed by atoms with Gasteiger partial charge in [0, 0.05) is 0 Å². The van der Waals surface area contributed by atoms with Crippen LogP contribution in [0.1, 0.15) is 16.7 Å². The van der Waals surface area contributed by atoms with Gasteiger partial charge in [-0.2, -0.15) is 0 Å². The minimum atomic E-state index is -0.137. The summed E-state index contributed by atoms with van der Waals surface area (Å²) in [7, 11) is 1.60. The lowest BCUT2D eigenvalue weighted by Crippen LogP contribution is -2.27. The number of anilines is 1. The summed E-state index contributed by atoms with van der Waals surface area (Å²) in [6, 6.07) is 26.0. The number of rotatable bonds is 6. The van der Waals surface area contributed by atoms with Crippen molar-refractivity contribution in [2.75, 3.05) is 12.0 Å². The highest BCUT2D eigenvalue weighted by molar-refractivity contribution is 9.10. The number of hydrogen-bond acceptors (Lipinski definition) is 5. The van der Waals surface area contributed by atoms with Gasteiger partial charge in [0.25, 0.3) is 5.91 Å². The topological polar surface area (TPSA) is 38.8 Å². The molecule has 1 aliphatic heterocycles. The van der Waals surface area contributed by atoms with E-state index in [9.17, 15) is 4.79 Å². The lowest BCUT2D eigenvalue weighted by molar-refractivity contribution is -0.113. The van der Waals surface area contributed by atoms with E-state index < -0.39 is 0 Å². The Morgan fingerprint density at radius 3 is 2.61 bits per heavy atom. The lowest BCUT2D eigenvalue weighted by Gasteiger charge is -2.15. The molecular weight excluding hydrogens is 554 g/mol. The third kappa shape index (κ3) is 4.91. The van der Waals surface area contributed by atoms with Crippen molar-refractivity contribution in [3.05, 3.63) is 105 Å². The third-order valence-corrected chi connectivity index (χ3v) is 7.75. The quantitative estimate of drug-likeness (QED) is 0.172. The zero-order valence-electron chi connectivity index (χ0n) is 19.7. The first kappa shape index (κ1) is 24.6. The average molecular weight is 577 g/mol. The summed E-state index contributed by atoms with van der Waals surface area (Å²) in [6.07, 6.45) is 1.83. The number of amides is 1. The molecule has 1 fully saturated rings. The van der Waals surface area contributed by atoms with Crippen LogP contribution in [-0.4, -0.2) is 17.3 Å². The van der Waals surface area contributed by atoms with Crippen LogP contribution in [0.15, 0.2) is 88.2 Å². The van der Waals surface area contributed by atoms with Crippen LogP contribution in [0.5, 0.6) is 11.5 Å². The molecule has 4 aromatic rings.